The summed E-state index contributed by atoms with van der Waals surface area (Å²) in [6, 6.07) is 9.63. The third kappa shape index (κ3) is 5.74. The van der Waals surface area contributed by atoms with Crippen molar-refractivity contribution in [3.63, 3.8) is 0 Å². The highest BCUT2D eigenvalue weighted by Gasteiger charge is 2.24. The predicted molar refractivity (Wildman–Crippen MR) is 92.9 cm³/mol. The van der Waals surface area contributed by atoms with E-state index in [1.807, 2.05) is 0 Å². The van der Waals surface area contributed by atoms with E-state index < -0.39 is 0 Å². The van der Waals surface area contributed by atoms with E-state index in [0.717, 1.165) is 19.3 Å². The summed E-state index contributed by atoms with van der Waals surface area (Å²) in [5.41, 5.74) is 0.600. The molecular weight excluding hydrogens is 304 g/mol. The number of nitrogens with one attached hydrogen (secondary N) is 2. The van der Waals surface area contributed by atoms with Crippen molar-refractivity contribution in [1.82, 2.24) is 15.5 Å². The molecular formula is C18H26N4O2. The van der Waals surface area contributed by atoms with Gasteiger partial charge in [-0.15, -0.1) is 0 Å². The molecule has 1 aliphatic rings. The van der Waals surface area contributed by atoms with Crippen LogP contribution in [-0.2, 0) is 0 Å². The molecule has 24 heavy (non-hydrogen) atoms. The lowest BCUT2D eigenvalue weighted by atomic mass is 9.90. The van der Waals surface area contributed by atoms with E-state index in [-0.39, 0.29) is 12.1 Å². The Labute approximate surface area is 143 Å². The van der Waals surface area contributed by atoms with Crippen LogP contribution >= 0.6 is 0 Å². The summed E-state index contributed by atoms with van der Waals surface area (Å²) in [5.74, 6) is 0.692. The molecule has 1 saturated carbocycles. The van der Waals surface area contributed by atoms with Gasteiger partial charge in [0.15, 0.2) is 0 Å². The maximum atomic E-state index is 12.0. The first kappa shape index (κ1) is 18.1. The minimum absolute atomic E-state index is 0.136. The molecule has 1 aromatic carbocycles. The molecule has 0 radical (unpaired) electrons. The quantitative estimate of drug-likeness (QED) is 0.783. The van der Waals surface area contributed by atoms with Gasteiger partial charge in [-0.1, -0.05) is 0 Å². The second kappa shape index (κ2) is 9.14. The highest BCUT2D eigenvalue weighted by atomic mass is 16.5. The first-order valence-electron chi connectivity index (χ1n) is 8.42. The molecule has 0 saturated heterocycles. The zero-order valence-corrected chi connectivity index (χ0v) is 14.4. The van der Waals surface area contributed by atoms with Crippen molar-refractivity contribution in [2.45, 2.75) is 37.8 Å². The van der Waals surface area contributed by atoms with E-state index in [9.17, 15) is 4.79 Å². The molecule has 6 heteroatoms. The van der Waals surface area contributed by atoms with Crippen LogP contribution < -0.4 is 15.4 Å². The van der Waals surface area contributed by atoms with Crippen LogP contribution in [0.25, 0.3) is 0 Å². The molecule has 0 aromatic heterocycles. The number of carbonyl (C=O) groups excluding carboxylic acids is 1. The lowest BCUT2D eigenvalue weighted by Gasteiger charge is -2.33. The standard InChI is InChI=1S/C18H26N4O2/c1-22(2)16-5-3-4-15(12-16)21-18(23)20-10-11-24-17-8-6-14(13-19)7-9-17/h6-9,15-16H,3-5,10-12H2,1-2H3,(H2,20,21,23)/t15-,16+/m0/s1. The van der Waals surface area contributed by atoms with Gasteiger partial charge in [0.05, 0.1) is 18.2 Å². The van der Waals surface area contributed by atoms with Crippen molar-refractivity contribution in [3.05, 3.63) is 29.8 Å². The maximum Gasteiger partial charge on any atom is 0.315 e. The predicted octanol–water partition coefficient (Wildman–Crippen LogP) is 2.11. The van der Waals surface area contributed by atoms with Gasteiger partial charge in [0.2, 0.25) is 0 Å². The van der Waals surface area contributed by atoms with Gasteiger partial charge in [-0.3, -0.25) is 0 Å². The van der Waals surface area contributed by atoms with Crippen LogP contribution in [0.5, 0.6) is 5.75 Å². The monoisotopic (exact) mass is 330 g/mol. The summed E-state index contributed by atoms with van der Waals surface area (Å²) in [5, 5.41) is 14.6. The van der Waals surface area contributed by atoms with E-state index in [1.165, 1.54) is 6.42 Å². The largest absolute Gasteiger partial charge is 0.492 e. The van der Waals surface area contributed by atoms with Gasteiger partial charge >= 0.3 is 6.03 Å². The lowest BCUT2D eigenvalue weighted by molar-refractivity contribution is 0.192. The first-order valence-corrected chi connectivity index (χ1v) is 8.42. The zero-order valence-electron chi connectivity index (χ0n) is 14.4. The van der Waals surface area contributed by atoms with E-state index in [0.29, 0.717) is 30.5 Å². The Morgan fingerprint density at radius 1 is 1.33 bits per heavy atom. The van der Waals surface area contributed by atoms with Crippen LogP contribution in [0.3, 0.4) is 0 Å². The van der Waals surface area contributed by atoms with Crippen LogP contribution in [0, 0.1) is 11.3 Å². The van der Waals surface area contributed by atoms with Gasteiger partial charge in [-0.05, 0) is 64.0 Å². The van der Waals surface area contributed by atoms with E-state index in [4.69, 9.17) is 10.00 Å². The summed E-state index contributed by atoms with van der Waals surface area (Å²) in [7, 11) is 4.18. The van der Waals surface area contributed by atoms with Crippen molar-refractivity contribution in [1.29, 1.82) is 5.26 Å². The fraction of sp³-hybridized carbons (Fsp3) is 0.556. The Morgan fingerprint density at radius 3 is 2.75 bits per heavy atom. The Morgan fingerprint density at radius 2 is 2.08 bits per heavy atom. The number of nitrogens with zero attached hydrogens (tertiary/aromatic N) is 2. The van der Waals surface area contributed by atoms with Crippen LogP contribution in [-0.4, -0.2) is 50.3 Å². The average molecular weight is 330 g/mol. The number of carbonyl (C=O) groups is 1. The Bertz CT molecular complexity index is 565. The molecule has 2 amide bonds. The molecule has 0 heterocycles. The van der Waals surface area contributed by atoms with Gasteiger partial charge in [0, 0.05) is 12.1 Å². The fourth-order valence-electron chi connectivity index (χ4n) is 2.96. The number of rotatable bonds is 6. The van der Waals surface area contributed by atoms with Crippen LogP contribution in [0.2, 0.25) is 0 Å². The molecule has 2 N–H and O–H groups in total. The van der Waals surface area contributed by atoms with Gasteiger partial charge in [-0.25, -0.2) is 4.79 Å². The Hall–Kier alpha value is -2.26. The molecule has 130 valence electrons. The second-order valence-corrected chi connectivity index (χ2v) is 6.37. The molecule has 0 aliphatic heterocycles. The third-order valence-electron chi connectivity index (χ3n) is 4.35. The van der Waals surface area contributed by atoms with Crippen molar-refractivity contribution < 1.29 is 9.53 Å². The minimum atomic E-state index is -0.136. The molecule has 1 aromatic rings. The molecule has 0 bridgehead atoms. The molecule has 2 rings (SSSR count). The number of hydrogen-bond donors (Lipinski definition) is 2. The topological polar surface area (TPSA) is 77.4 Å². The molecule has 1 fully saturated rings. The molecule has 1 aliphatic carbocycles. The van der Waals surface area contributed by atoms with Gasteiger partial charge in [-0.2, -0.15) is 5.26 Å². The Balaban J connectivity index is 1.63. The molecule has 0 spiro atoms. The molecule has 2 atom stereocenters. The van der Waals surface area contributed by atoms with E-state index in [1.54, 1.807) is 24.3 Å². The lowest BCUT2D eigenvalue weighted by Crippen LogP contribution is -2.47. The van der Waals surface area contributed by atoms with Gasteiger partial charge in [0.25, 0.3) is 0 Å². The summed E-state index contributed by atoms with van der Waals surface area (Å²) in [4.78, 5) is 14.2. The minimum Gasteiger partial charge on any atom is -0.492 e. The highest BCUT2D eigenvalue weighted by molar-refractivity contribution is 5.74. The van der Waals surface area contributed by atoms with Crippen molar-refractivity contribution in [3.8, 4) is 11.8 Å². The van der Waals surface area contributed by atoms with E-state index in [2.05, 4.69) is 35.7 Å². The number of benzene rings is 1. The van der Waals surface area contributed by atoms with Crippen LogP contribution in [0.4, 0.5) is 4.79 Å². The number of ether oxygens (including phenoxy) is 1. The van der Waals surface area contributed by atoms with Crippen LogP contribution in [0.15, 0.2) is 24.3 Å². The van der Waals surface area contributed by atoms with Crippen molar-refractivity contribution >= 4 is 6.03 Å². The fourth-order valence-corrected chi connectivity index (χ4v) is 2.96. The average Bonchev–Trinajstić information content (AvgIpc) is 2.59. The Kier molecular flexibility index (Phi) is 6.89. The van der Waals surface area contributed by atoms with Gasteiger partial charge in [0.1, 0.15) is 12.4 Å². The highest BCUT2D eigenvalue weighted by Crippen LogP contribution is 2.21. The SMILES string of the molecule is CN(C)[C@@H]1CCC[C@H](NC(=O)NCCOc2ccc(C#N)cc2)C1. The summed E-state index contributed by atoms with van der Waals surface area (Å²) < 4.78 is 5.54. The summed E-state index contributed by atoms with van der Waals surface area (Å²) >= 11 is 0. The van der Waals surface area contributed by atoms with Crippen LogP contribution in [0.1, 0.15) is 31.2 Å². The summed E-state index contributed by atoms with van der Waals surface area (Å²) in [6.45, 7) is 0.833. The number of urea groups is 1. The first-order chi connectivity index (χ1) is 11.6. The van der Waals surface area contributed by atoms with Crippen molar-refractivity contribution in [2.24, 2.45) is 0 Å². The zero-order chi connectivity index (χ0) is 17.4. The van der Waals surface area contributed by atoms with Gasteiger partial charge < -0.3 is 20.3 Å². The molecule has 0 unspecified atom stereocenters. The van der Waals surface area contributed by atoms with Crippen molar-refractivity contribution in [2.75, 3.05) is 27.2 Å². The summed E-state index contributed by atoms with van der Waals surface area (Å²) in [6.07, 6.45) is 4.39. The number of hydrogen-bond acceptors (Lipinski definition) is 4. The molecule has 6 nitrogen and oxygen atoms in total. The second-order valence-electron chi connectivity index (χ2n) is 6.37. The third-order valence-corrected chi connectivity index (χ3v) is 4.35. The number of amides is 2. The van der Waals surface area contributed by atoms with E-state index >= 15 is 0 Å². The number of nitriles is 1. The smallest absolute Gasteiger partial charge is 0.315 e. The normalized spacial score (nSPS) is 20.2. The maximum absolute atomic E-state index is 12.0.